The molecule has 4 nitrogen and oxygen atoms in total. The zero-order chi connectivity index (χ0) is 14.1. The van der Waals surface area contributed by atoms with E-state index in [2.05, 4.69) is 21.2 Å². The van der Waals surface area contributed by atoms with Gasteiger partial charge in [0, 0.05) is 21.9 Å². The van der Waals surface area contributed by atoms with Gasteiger partial charge >= 0.3 is 0 Å². The van der Waals surface area contributed by atoms with Gasteiger partial charge in [0.1, 0.15) is 0 Å². The normalized spacial score (nSPS) is 24.1. The lowest BCUT2D eigenvalue weighted by atomic mass is 10.2. The lowest BCUT2D eigenvalue weighted by Crippen LogP contribution is -2.42. The summed E-state index contributed by atoms with van der Waals surface area (Å²) in [7, 11) is 0. The van der Waals surface area contributed by atoms with Crippen molar-refractivity contribution in [2.24, 2.45) is 0 Å². The molecule has 1 atom stereocenters. The number of carbonyl (C=O) groups excluding carboxylic acids is 2. The Balaban J connectivity index is 1.62. The third-order valence-electron chi connectivity index (χ3n) is 4.07. The molecule has 2 fully saturated rings. The highest BCUT2D eigenvalue weighted by molar-refractivity contribution is 9.10. The van der Waals surface area contributed by atoms with E-state index in [-0.39, 0.29) is 23.9 Å². The van der Waals surface area contributed by atoms with Crippen molar-refractivity contribution in [3.63, 3.8) is 0 Å². The fourth-order valence-corrected chi connectivity index (χ4v) is 4.47. The molecule has 0 bridgehead atoms. The van der Waals surface area contributed by atoms with Gasteiger partial charge in [-0.05, 0) is 40.2 Å². The van der Waals surface area contributed by atoms with Gasteiger partial charge in [0.15, 0.2) is 0 Å². The topological polar surface area (TPSA) is 49.4 Å². The number of likely N-dealkylation sites (tertiary alicyclic amines) is 1. The van der Waals surface area contributed by atoms with Crippen LogP contribution in [0.5, 0.6) is 0 Å². The fourth-order valence-electron chi connectivity index (χ4n) is 3.02. The Bertz CT molecular complexity index is 525. The minimum Gasteiger partial charge on any atom is -0.300 e. The Morgan fingerprint density at radius 1 is 1.35 bits per heavy atom. The van der Waals surface area contributed by atoms with Crippen molar-refractivity contribution < 1.29 is 9.59 Å². The molecule has 0 aromatic carbocycles. The Hall–Kier alpha value is -0.720. The molecule has 2 aliphatic rings. The van der Waals surface area contributed by atoms with Crippen LogP contribution < -0.4 is 5.32 Å². The second-order valence-electron chi connectivity index (χ2n) is 5.37. The molecule has 108 valence electrons. The summed E-state index contributed by atoms with van der Waals surface area (Å²) in [5, 5.41) is 5.23. The van der Waals surface area contributed by atoms with Crippen LogP contribution in [0.1, 0.15) is 37.0 Å². The van der Waals surface area contributed by atoms with E-state index in [0.717, 1.165) is 35.0 Å². The number of carbonyl (C=O) groups is 2. The van der Waals surface area contributed by atoms with Crippen LogP contribution in [0.15, 0.2) is 15.9 Å². The van der Waals surface area contributed by atoms with Crippen LogP contribution in [0.2, 0.25) is 0 Å². The molecule has 2 amide bonds. The summed E-state index contributed by atoms with van der Waals surface area (Å²) < 4.78 is 1.06. The highest BCUT2D eigenvalue weighted by atomic mass is 79.9. The first-order chi connectivity index (χ1) is 9.66. The number of thiophene rings is 1. The third kappa shape index (κ3) is 2.69. The summed E-state index contributed by atoms with van der Waals surface area (Å²) in [6, 6.07) is 1.79. The molecule has 1 saturated carbocycles. The number of nitrogens with one attached hydrogen (secondary N) is 1. The highest BCUT2D eigenvalue weighted by Crippen LogP contribution is 2.28. The van der Waals surface area contributed by atoms with Gasteiger partial charge in [0.05, 0.1) is 12.5 Å². The van der Waals surface area contributed by atoms with Crippen LogP contribution in [0.4, 0.5) is 0 Å². The second kappa shape index (κ2) is 5.95. The van der Waals surface area contributed by atoms with E-state index in [1.165, 1.54) is 4.90 Å². The van der Waals surface area contributed by atoms with E-state index in [4.69, 9.17) is 0 Å². The van der Waals surface area contributed by atoms with Gasteiger partial charge in [-0.25, -0.2) is 0 Å². The van der Waals surface area contributed by atoms with E-state index in [1.54, 1.807) is 11.3 Å². The SMILES string of the molecule is O=C1CC(NCc2sccc2Br)C(=O)N1C1CCCC1. The summed E-state index contributed by atoms with van der Waals surface area (Å²) in [6.07, 6.45) is 4.50. The monoisotopic (exact) mass is 356 g/mol. The van der Waals surface area contributed by atoms with Gasteiger partial charge in [0.2, 0.25) is 11.8 Å². The van der Waals surface area contributed by atoms with Gasteiger partial charge in [-0.3, -0.25) is 14.5 Å². The second-order valence-corrected chi connectivity index (χ2v) is 7.22. The smallest absolute Gasteiger partial charge is 0.247 e. The minimum absolute atomic E-state index is 0.00959. The summed E-state index contributed by atoms with van der Waals surface area (Å²) >= 11 is 5.12. The Morgan fingerprint density at radius 3 is 2.75 bits per heavy atom. The molecule has 1 aliphatic carbocycles. The van der Waals surface area contributed by atoms with E-state index in [1.807, 2.05) is 11.4 Å². The van der Waals surface area contributed by atoms with Crippen molar-refractivity contribution in [2.75, 3.05) is 0 Å². The average molecular weight is 357 g/mol. The molecule has 0 spiro atoms. The standard InChI is InChI=1S/C14H17BrN2O2S/c15-10-5-6-20-12(10)8-16-11-7-13(18)17(14(11)19)9-3-1-2-4-9/h5-6,9,11,16H,1-4,7-8H2. The van der Waals surface area contributed by atoms with Crippen molar-refractivity contribution in [2.45, 2.75) is 50.7 Å². The molecule has 1 saturated heterocycles. The van der Waals surface area contributed by atoms with E-state index in [0.29, 0.717) is 13.0 Å². The molecule has 6 heteroatoms. The Kier molecular flexibility index (Phi) is 4.23. The molecule has 1 aliphatic heterocycles. The Labute approximate surface area is 130 Å². The zero-order valence-electron chi connectivity index (χ0n) is 11.1. The molecular formula is C14H17BrN2O2S. The molecule has 1 aromatic rings. The molecule has 2 heterocycles. The van der Waals surface area contributed by atoms with Gasteiger partial charge in [-0.15, -0.1) is 11.3 Å². The van der Waals surface area contributed by atoms with Crippen molar-refractivity contribution in [1.82, 2.24) is 10.2 Å². The number of nitrogens with zero attached hydrogens (tertiary/aromatic N) is 1. The Morgan fingerprint density at radius 2 is 2.10 bits per heavy atom. The summed E-state index contributed by atoms with van der Waals surface area (Å²) in [5.41, 5.74) is 0. The first kappa shape index (κ1) is 14.2. The summed E-state index contributed by atoms with van der Waals surface area (Å²) in [5.74, 6) is -0.0424. The van der Waals surface area contributed by atoms with Gasteiger partial charge in [-0.1, -0.05) is 12.8 Å². The van der Waals surface area contributed by atoms with Crippen LogP contribution in [-0.4, -0.2) is 28.8 Å². The molecule has 1 N–H and O–H groups in total. The van der Waals surface area contributed by atoms with Crippen LogP contribution in [0, 0.1) is 0 Å². The zero-order valence-corrected chi connectivity index (χ0v) is 13.5. The molecule has 3 rings (SSSR count). The number of hydrogen-bond donors (Lipinski definition) is 1. The predicted octanol–water partition coefficient (Wildman–Crippen LogP) is 2.67. The number of amides is 2. The first-order valence-corrected chi connectivity index (χ1v) is 8.65. The fraction of sp³-hybridized carbons (Fsp3) is 0.571. The van der Waals surface area contributed by atoms with Gasteiger partial charge in [-0.2, -0.15) is 0 Å². The van der Waals surface area contributed by atoms with Crippen molar-refractivity contribution in [3.05, 3.63) is 20.8 Å². The van der Waals surface area contributed by atoms with Gasteiger partial charge in [0.25, 0.3) is 0 Å². The average Bonchev–Trinajstić information content (AvgIpc) is 3.10. The van der Waals surface area contributed by atoms with Crippen molar-refractivity contribution >= 4 is 39.1 Å². The number of halogens is 1. The summed E-state index contributed by atoms with van der Waals surface area (Å²) in [6.45, 7) is 0.625. The number of rotatable bonds is 4. The predicted molar refractivity (Wildman–Crippen MR) is 81.4 cm³/mol. The van der Waals surface area contributed by atoms with Crippen LogP contribution in [-0.2, 0) is 16.1 Å². The first-order valence-electron chi connectivity index (χ1n) is 6.98. The summed E-state index contributed by atoms with van der Waals surface area (Å²) in [4.78, 5) is 27.1. The minimum atomic E-state index is -0.350. The highest BCUT2D eigenvalue weighted by Gasteiger charge is 2.42. The molecule has 0 radical (unpaired) electrons. The number of hydrogen-bond acceptors (Lipinski definition) is 4. The maximum absolute atomic E-state index is 12.4. The van der Waals surface area contributed by atoms with Crippen LogP contribution in [0.25, 0.3) is 0 Å². The molecular weight excluding hydrogens is 340 g/mol. The van der Waals surface area contributed by atoms with Crippen molar-refractivity contribution in [3.8, 4) is 0 Å². The lowest BCUT2D eigenvalue weighted by Gasteiger charge is -2.22. The molecule has 20 heavy (non-hydrogen) atoms. The quantitative estimate of drug-likeness (QED) is 0.843. The number of imide groups is 1. The van der Waals surface area contributed by atoms with E-state index in [9.17, 15) is 9.59 Å². The van der Waals surface area contributed by atoms with Crippen molar-refractivity contribution in [1.29, 1.82) is 0 Å². The van der Waals surface area contributed by atoms with E-state index >= 15 is 0 Å². The molecule has 1 aromatic heterocycles. The largest absolute Gasteiger partial charge is 0.300 e. The van der Waals surface area contributed by atoms with E-state index < -0.39 is 0 Å². The van der Waals surface area contributed by atoms with Crippen LogP contribution in [0.3, 0.4) is 0 Å². The van der Waals surface area contributed by atoms with Crippen LogP contribution >= 0.6 is 27.3 Å². The lowest BCUT2D eigenvalue weighted by molar-refractivity contribution is -0.141. The maximum Gasteiger partial charge on any atom is 0.247 e. The molecule has 1 unspecified atom stereocenters. The van der Waals surface area contributed by atoms with Gasteiger partial charge < -0.3 is 5.32 Å². The third-order valence-corrected chi connectivity index (χ3v) is 6.00. The maximum atomic E-state index is 12.4.